The first-order valence-electron chi connectivity index (χ1n) is 8.18. The average molecular weight is 298 g/mol. The quantitative estimate of drug-likeness (QED) is 0.444. The fourth-order valence-corrected chi connectivity index (χ4v) is 3.52. The summed E-state index contributed by atoms with van der Waals surface area (Å²) in [5.74, 6) is -1.93. The molecule has 0 atom stereocenters. The summed E-state index contributed by atoms with van der Waals surface area (Å²) >= 11 is 0. The molecule has 1 fully saturated rings. The van der Waals surface area contributed by atoms with E-state index >= 15 is 0 Å². The van der Waals surface area contributed by atoms with E-state index < -0.39 is 17.5 Å². The highest BCUT2D eigenvalue weighted by Crippen LogP contribution is 2.40. The summed E-state index contributed by atoms with van der Waals surface area (Å²) in [6.07, 6.45) is 8.48. The van der Waals surface area contributed by atoms with Crippen LogP contribution in [0.2, 0.25) is 0 Å². The van der Waals surface area contributed by atoms with Gasteiger partial charge in [0.25, 0.3) is 0 Å². The number of aryl methyl sites for hydroxylation is 1. The lowest BCUT2D eigenvalue weighted by atomic mass is 9.76. The van der Waals surface area contributed by atoms with Gasteiger partial charge in [0.2, 0.25) is 0 Å². The van der Waals surface area contributed by atoms with Crippen molar-refractivity contribution in [2.24, 2.45) is 5.92 Å². The lowest BCUT2D eigenvalue weighted by Crippen LogP contribution is -2.16. The lowest BCUT2D eigenvalue weighted by molar-refractivity contribution is 0.293. The van der Waals surface area contributed by atoms with Crippen LogP contribution >= 0.6 is 0 Å². The molecule has 1 aliphatic rings. The number of hydrogen-bond acceptors (Lipinski definition) is 0. The Morgan fingerprint density at radius 2 is 1.67 bits per heavy atom. The van der Waals surface area contributed by atoms with Gasteiger partial charge in [-0.3, -0.25) is 0 Å². The minimum Gasteiger partial charge on any atom is -0.207 e. The zero-order valence-electron chi connectivity index (χ0n) is 13.0. The van der Waals surface area contributed by atoms with Gasteiger partial charge < -0.3 is 0 Å². The average Bonchev–Trinajstić information content (AvgIpc) is 2.47. The van der Waals surface area contributed by atoms with Crippen molar-refractivity contribution in [2.75, 3.05) is 0 Å². The molecule has 1 aromatic carbocycles. The minimum absolute atomic E-state index is 0.0230. The Morgan fingerprint density at radius 3 is 2.29 bits per heavy atom. The molecule has 1 aliphatic carbocycles. The molecule has 0 unspecified atom stereocenters. The molecule has 3 heteroatoms. The lowest BCUT2D eigenvalue weighted by Gasteiger charge is -2.29. The van der Waals surface area contributed by atoms with Crippen LogP contribution in [-0.2, 0) is 0 Å². The van der Waals surface area contributed by atoms with Gasteiger partial charge in [-0.25, -0.2) is 13.2 Å². The Kier molecular flexibility index (Phi) is 5.72. The van der Waals surface area contributed by atoms with Crippen molar-refractivity contribution >= 4 is 0 Å². The van der Waals surface area contributed by atoms with Crippen molar-refractivity contribution in [1.29, 1.82) is 0 Å². The Morgan fingerprint density at radius 1 is 1.00 bits per heavy atom. The molecule has 2 rings (SSSR count). The molecule has 1 aromatic rings. The number of benzene rings is 1. The number of rotatable bonds is 5. The Bertz CT molecular complexity index is 474. The summed E-state index contributed by atoms with van der Waals surface area (Å²) in [5, 5.41) is 0. The molecule has 0 aromatic heterocycles. The summed E-state index contributed by atoms with van der Waals surface area (Å²) in [7, 11) is 0. The van der Waals surface area contributed by atoms with E-state index in [4.69, 9.17) is 0 Å². The predicted molar refractivity (Wildman–Crippen MR) is 79.9 cm³/mol. The summed E-state index contributed by atoms with van der Waals surface area (Å²) in [4.78, 5) is 0. The number of halogens is 3. The smallest absolute Gasteiger partial charge is 0.165 e. The van der Waals surface area contributed by atoms with Gasteiger partial charge in [-0.05, 0) is 56.1 Å². The highest BCUT2D eigenvalue weighted by molar-refractivity contribution is 5.30. The summed E-state index contributed by atoms with van der Waals surface area (Å²) in [6, 6.07) is 1.13. The topological polar surface area (TPSA) is 0 Å². The zero-order chi connectivity index (χ0) is 15.4. The molecular formula is C18H25F3. The first-order valence-corrected chi connectivity index (χ1v) is 8.18. The van der Waals surface area contributed by atoms with Crippen molar-refractivity contribution in [3.63, 3.8) is 0 Å². The highest BCUT2D eigenvalue weighted by atomic mass is 19.2. The molecule has 1 saturated carbocycles. The molecule has 0 amide bonds. The summed E-state index contributed by atoms with van der Waals surface area (Å²) in [6.45, 7) is 3.59. The van der Waals surface area contributed by atoms with Crippen LogP contribution in [0.15, 0.2) is 6.07 Å². The first kappa shape index (κ1) is 16.4. The van der Waals surface area contributed by atoms with Gasteiger partial charge in [-0.1, -0.05) is 32.6 Å². The zero-order valence-corrected chi connectivity index (χ0v) is 13.0. The van der Waals surface area contributed by atoms with Crippen molar-refractivity contribution in [3.8, 4) is 0 Å². The van der Waals surface area contributed by atoms with E-state index in [2.05, 4.69) is 6.92 Å². The van der Waals surface area contributed by atoms with Gasteiger partial charge in [0, 0.05) is 5.56 Å². The molecule has 0 saturated heterocycles. The van der Waals surface area contributed by atoms with Crippen LogP contribution in [-0.4, -0.2) is 0 Å². The van der Waals surface area contributed by atoms with Crippen molar-refractivity contribution in [2.45, 2.75) is 71.1 Å². The molecular weight excluding hydrogens is 273 g/mol. The third-order valence-corrected chi connectivity index (χ3v) is 4.85. The maximum absolute atomic E-state index is 14.0. The number of unbranched alkanes of at least 4 members (excludes halogenated alkanes) is 2. The van der Waals surface area contributed by atoms with Crippen molar-refractivity contribution < 1.29 is 13.2 Å². The van der Waals surface area contributed by atoms with E-state index in [1.807, 2.05) is 0 Å². The summed E-state index contributed by atoms with van der Waals surface area (Å²) < 4.78 is 41.7. The predicted octanol–water partition coefficient (Wildman–Crippen LogP) is 6.27. The minimum atomic E-state index is -0.970. The van der Waals surface area contributed by atoms with Crippen LogP contribution in [0.4, 0.5) is 13.2 Å². The molecule has 0 aliphatic heterocycles. The van der Waals surface area contributed by atoms with Crippen molar-refractivity contribution in [3.05, 3.63) is 34.6 Å². The second-order valence-corrected chi connectivity index (χ2v) is 6.43. The normalized spacial score (nSPS) is 22.5. The Balaban J connectivity index is 2.01. The summed E-state index contributed by atoms with van der Waals surface area (Å²) in [5.41, 5.74) is 0.0205. The van der Waals surface area contributed by atoms with Gasteiger partial charge in [0.15, 0.2) is 11.6 Å². The van der Waals surface area contributed by atoms with E-state index in [0.29, 0.717) is 5.92 Å². The van der Waals surface area contributed by atoms with Crippen LogP contribution in [0.5, 0.6) is 0 Å². The van der Waals surface area contributed by atoms with E-state index in [9.17, 15) is 13.2 Å². The second kappa shape index (κ2) is 7.33. The largest absolute Gasteiger partial charge is 0.207 e. The molecule has 0 bridgehead atoms. The molecule has 0 heterocycles. The fourth-order valence-electron chi connectivity index (χ4n) is 3.52. The molecule has 0 radical (unpaired) electrons. The fraction of sp³-hybridized carbons (Fsp3) is 0.667. The molecule has 0 N–H and O–H groups in total. The van der Waals surface area contributed by atoms with Gasteiger partial charge >= 0.3 is 0 Å². The van der Waals surface area contributed by atoms with E-state index in [0.717, 1.165) is 31.7 Å². The first-order chi connectivity index (χ1) is 10.0. The molecule has 118 valence electrons. The van der Waals surface area contributed by atoms with Crippen LogP contribution in [0.1, 0.15) is 75.3 Å². The molecule has 21 heavy (non-hydrogen) atoms. The van der Waals surface area contributed by atoms with Gasteiger partial charge in [0.1, 0.15) is 5.82 Å². The standard InChI is InChI=1S/C18H25F3/c1-3-4-5-6-13-7-9-14(10-8-13)16-15(19)11-12(2)17(20)18(16)21/h11,13-14H,3-10H2,1-2H3. The van der Waals surface area contributed by atoms with Crippen LogP contribution in [0, 0.1) is 30.3 Å². The van der Waals surface area contributed by atoms with Crippen LogP contribution in [0.3, 0.4) is 0 Å². The third kappa shape index (κ3) is 3.81. The second-order valence-electron chi connectivity index (χ2n) is 6.43. The van der Waals surface area contributed by atoms with Crippen molar-refractivity contribution in [1.82, 2.24) is 0 Å². The molecule has 0 spiro atoms. The Labute approximate surface area is 125 Å². The maximum atomic E-state index is 14.0. The van der Waals surface area contributed by atoms with E-state index in [1.54, 1.807) is 0 Å². The Hall–Kier alpha value is -0.990. The maximum Gasteiger partial charge on any atom is 0.165 e. The SMILES string of the molecule is CCCCCC1CCC(c2c(F)cc(C)c(F)c2F)CC1. The van der Waals surface area contributed by atoms with Crippen LogP contribution in [0.25, 0.3) is 0 Å². The van der Waals surface area contributed by atoms with Gasteiger partial charge in [-0.2, -0.15) is 0 Å². The van der Waals surface area contributed by atoms with E-state index in [-0.39, 0.29) is 17.0 Å². The number of hydrogen-bond donors (Lipinski definition) is 0. The van der Waals surface area contributed by atoms with E-state index in [1.165, 1.54) is 32.6 Å². The monoisotopic (exact) mass is 298 g/mol. The highest BCUT2D eigenvalue weighted by Gasteiger charge is 2.28. The molecule has 0 nitrogen and oxygen atoms in total. The van der Waals surface area contributed by atoms with Gasteiger partial charge in [0.05, 0.1) is 0 Å². The third-order valence-electron chi connectivity index (χ3n) is 4.85. The van der Waals surface area contributed by atoms with Crippen LogP contribution < -0.4 is 0 Å². The van der Waals surface area contributed by atoms with Gasteiger partial charge in [-0.15, -0.1) is 0 Å².